The number of aliphatic carboxylic acids is 1. The van der Waals surface area contributed by atoms with Gasteiger partial charge in [-0.05, 0) is 24.5 Å². The van der Waals surface area contributed by atoms with Crippen LogP contribution in [0.15, 0.2) is 35.4 Å². The van der Waals surface area contributed by atoms with Crippen molar-refractivity contribution in [2.24, 2.45) is 7.05 Å². The Labute approximate surface area is 170 Å². The summed E-state index contributed by atoms with van der Waals surface area (Å²) >= 11 is 0. The summed E-state index contributed by atoms with van der Waals surface area (Å²) in [6.07, 6.45) is 4.94. The number of alkyl halides is 3. The number of piperidine rings is 1. The maximum absolute atomic E-state index is 12.1. The molecule has 0 aliphatic carbocycles. The summed E-state index contributed by atoms with van der Waals surface area (Å²) in [5, 5.41) is 14.7. The number of hydrogen-bond acceptors (Lipinski definition) is 5. The summed E-state index contributed by atoms with van der Waals surface area (Å²) in [6, 6.07) is 2.01. The Morgan fingerprint density at radius 1 is 1.40 bits per heavy atom. The molecule has 8 nitrogen and oxygen atoms in total. The van der Waals surface area contributed by atoms with E-state index >= 15 is 0 Å². The highest BCUT2D eigenvalue weighted by atomic mass is 19.4. The van der Waals surface area contributed by atoms with Gasteiger partial charge in [-0.3, -0.25) is 14.4 Å². The molecule has 0 radical (unpaired) electrons. The van der Waals surface area contributed by atoms with E-state index < -0.39 is 12.1 Å². The number of rotatable bonds is 3. The highest BCUT2D eigenvalue weighted by Gasteiger charge is 2.49. The van der Waals surface area contributed by atoms with Crippen LogP contribution < -0.4 is 5.32 Å². The first kappa shape index (κ1) is 21.9. The van der Waals surface area contributed by atoms with Gasteiger partial charge in [0.05, 0.1) is 18.7 Å². The summed E-state index contributed by atoms with van der Waals surface area (Å²) in [5.74, 6) is -2.35. The number of amides is 1. The van der Waals surface area contributed by atoms with E-state index in [1.165, 1.54) is 11.1 Å². The molecule has 2 aliphatic heterocycles. The van der Waals surface area contributed by atoms with Crippen molar-refractivity contribution in [3.8, 4) is 0 Å². The molecule has 4 rings (SSSR count). The lowest BCUT2D eigenvalue weighted by atomic mass is 9.75. The van der Waals surface area contributed by atoms with Gasteiger partial charge >= 0.3 is 12.1 Å². The lowest BCUT2D eigenvalue weighted by Crippen LogP contribution is -2.53. The van der Waals surface area contributed by atoms with Gasteiger partial charge in [-0.2, -0.15) is 18.3 Å². The first-order valence-corrected chi connectivity index (χ1v) is 9.42. The molecule has 1 spiro atoms. The fraction of sp³-hybridized carbons (Fsp3) is 0.526. The summed E-state index contributed by atoms with van der Waals surface area (Å²) in [5.41, 5.74) is 2.28. The van der Waals surface area contributed by atoms with Crippen LogP contribution in [0.25, 0.3) is 0 Å². The quantitative estimate of drug-likeness (QED) is 0.778. The van der Waals surface area contributed by atoms with Crippen molar-refractivity contribution in [3.05, 3.63) is 42.1 Å². The number of nitrogens with one attached hydrogen (secondary N) is 1. The van der Waals surface area contributed by atoms with Crippen molar-refractivity contribution in [2.75, 3.05) is 13.1 Å². The highest BCUT2D eigenvalue weighted by molar-refractivity contribution is 5.81. The Morgan fingerprint density at radius 3 is 2.57 bits per heavy atom. The van der Waals surface area contributed by atoms with Crippen molar-refractivity contribution >= 4 is 11.9 Å². The van der Waals surface area contributed by atoms with E-state index in [9.17, 15) is 18.0 Å². The molecule has 2 N–H and O–H groups in total. The van der Waals surface area contributed by atoms with E-state index in [0.717, 1.165) is 32.5 Å². The molecular formula is C19H23F3N4O4. The third-order valence-corrected chi connectivity index (χ3v) is 5.55. The minimum atomic E-state index is -5.08. The van der Waals surface area contributed by atoms with Crippen LogP contribution in [0.4, 0.5) is 13.2 Å². The first-order valence-electron chi connectivity index (χ1n) is 9.42. The van der Waals surface area contributed by atoms with Gasteiger partial charge in [0.15, 0.2) is 0 Å². The molecule has 30 heavy (non-hydrogen) atoms. The minimum absolute atomic E-state index is 0.104. The highest BCUT2D eigenvalue weighted by Crippen LogP contribution is 2.43. The van der Waals surface area contributed by atoms with Gasteiger partial charge in [0.2, 0.25) is 5.91 Å². The lowest BCUT2D eigenvalue weighted by Gasteiger charge is -2.42. The first-order chi connectivity index (χ1) is 14.1. The van der Waals surface area contributed by atoms with Crippen LogP contribution in [0.2, 0.25) is 0 Å². The van der Waals surface area contributed by atoms with E-state index in [-0.39, 0.29) is 17.4 Å². The Morgan fingerprint density at radius 2 is 2.07 bits per heavy atom. The van der Waals surface area contributed by atoms with E-state index in [2.05, 4.69) is 15.3 Å². The van der Waals surface area contributed by atoms with Crippen molar-refractivity contribution < 1.29 is 32.3 Å². The van der Waals surface area contributed by atoms with Gasteiger partial charge in [-0.15, -0.1) is 0 Å². The van der Waals surface area contributed by atoms with E-state index in [1.807, 2.05) is 30.2 Å². The Kier molecular flexibility index (Phi) is 6.20. The molecular weight excluding hydrogens is 405 g/mol. The van der Waals surface area contributed by atoms with Crippen LogP contribution in [0.3, 0.4) is 0 Å². The van der Waals surface area contributed by atoms with E-state index in [0.29, 0.717) is 6.42 Å². The number of carboxylic acids is 1. The fourth-order valence-corrected chi connectivity index (χ4v) is 4.08. The van der Waals surface area contributed by atoms with Gasteiger partial charge in [-0.1, -0.05) is 0 Å². The van der Waals surface area contributed by atoms with Gasteiger partial charge < -0.3 is 14.8 Å². The summed E-state index contributed by atoms with van der Waals surface area (Å²) < 4.78 is 38.7. The zero-order chi connectivity index (χ0) is 21.9. The molecule has 4 heterocycles. The Balaban J connectivity index is 0.000000318. The second kappa shape index (κ2) is 8.50. The molecule has 2 saturated heterocycles. The molecule has 0 saturated carbocycles. The van der Waals surface area contributed by atoms with Gasteiger partial charge in [0.1, 0.15) is 0 Å². The summed E-state index contributed by atoms with van der Waals surface area (Å²) in [7, 11) is 1.92. The number of carbonyl (C=O) groups is 2. The average molecular weight is 428 g/mol. The second-order valence-corrected chi connectivity index (χ2v) is 7.62. The molecule has 1 unspecified atom stereocenters. The standard InChI is InChI=1S/C17H22N4O2.C2HF3O2/c1-20-11-14(9-18-20)15-8-16(22)19-17(15)3-5-21(6-4-17)10-13-2-7-23-12-13;3-2(4,5)1(6)7/h2,7,9,11-12,15H,3-6,8,10H2,1H3,(H,19,22);(H,6,7). The molecule has 164 valence electrons. The maximum atomic E-state index is 12.1. The molecule has 0 aromatic carbocycles. The van der Waals surface area contributed by atoms with Crippen LogP contribution >= 0.6 is 0 Å². The Hall–Kier alpha value is -2.82. The molecule has 2 aromatic heterocycles. The largest absolute Gasteiger partial charge is 0.490 e. The van der Waals surface area contributed by atoms with Gasteiger partial charge in [-0.25, -0.2) is 4.79 Å². The number of carbonyl (C=O) groups excluding carboxylic acids is 1. The van der Waals surface area contributed by atoms with Crippen molar-refractivity contribution in [2.45, 2.75) is 43.4 Å². The van der Waals surface area contributed by atoms with Crippen LogP contribution in [-0.4, -0.2) is 56.5 Å². The third kappa shape index (κ3) is 5.02. The van der Waals surface area contributed by atoms with Gasteiger partial charge in [0.25, 0.3) is 0 Å². The van der Waals surface area contributed by atoms with Crippen LogP contribution in [0, 0.1) is 0 Å². The van der Waals surface area contributed by atoms with Gasteiger partial charge in [0, 0.05) is 56.3 Å². The zero-order valence-corrected chi connectivity index (χ0v) is 16.4. The van der Waals surface area contributed by atoms with Crippen LogP contribution in [0.1, 0.15) is 36.3 Å². The maximum Gasteiger partial charge on any atom is 0.490 e. The van der Waals surface area contributed by atoms with Crippen molar-refractivity contribution in [1.29, 1.82) is 0 Å². The molecule has 2 aromatic rings. The van der Waals surface area contributed by atoms with E-state index in [1.54, 1.807) is 12.5 Å². The summed E-state index contributed by atoms with van der Waals surface area (Å²) in [4.78, 5) is 23.4. The number of halogens is 3. The van der Waals surface area contributed by atoms with Crippen molar-refractivity contribution in [3.63, 3.8) is 0 Å². The fourth-order valence-electron chi connectivity index (χ4n) is 4.08. The zero-order valence-electron chi connectivity index (χ0n) is 16.4. The van der Waals surface area contributed by atoms with Crippen LogP contribution in [0.5, 0.6) is 0 Å². The van der Waals surface area contributed by atoms with Crippen molar-refractivity contribution in [1.82, 2.24) is 20.0 Å². The minimum Gasteiger partial charge on any atom is -0.475 e. The molecule has 0 bridgehead atoms. The number of nitrogens with zero attached hydrogens (tertiary/aromatic N) is 3. The second-order valence-electron chi connectivity index (χ2n) is 7.62. The van der Waals surface area contributed by atoms with Crippen LogP contribution in [-0.2, 0) is 23.2 Å². The normalized spacial score (nSPS) is 21.2. The monoisotopic (exact) mass is 428 g/mol. The summed E-state index contributed by atoms with van der Waals surface area (Å²) in [6.45, 7) is 2.89. The molecule has 1 atom stereocenters. The number of likely N-dealkylation sites (tertiary alicyclic amines) is 1. The lowest BCUT2D eigenvalue weighted by molar-refractivity contribution is -0.192. The molecule has 2 fully saturated rings. The topological polar surface area (TPSA) is 101 Å². The SMILES string of the molecule is Cn1cc(C2CC(=O)NC23CCN(Cc2ccoc2)CC3)cn1.O=C(O)C(F)(F)F. The molecule has 2 aliphatic rings. The number of aryl methyl sites for hydroxylation is 1. The average Bonchev–Trinajstić information content (AvgIpc) is 3.38. The predicted octanol–water partition coefficient (Wildman–Crippen LogP) is 2.28. The third-order valence-electron chi connectivity index (χ3n) is 5.55. The Bertz CT molecular complexity index is 871. The number of aromatic nitrogens is 2. The van der Waals surface area contributed by atoms with E-state index in [4.69, 9.17) is 14.3 Å². The molecule has 1 amide bonds. The molecule has 11 heteroatoms. The number of carboxylic acid groups (broad SMARTS) is 1. The predicted molar refractivity (Wildman–Crippen MR) is 98.3 cm³/mol. The smallest absolute Gasteiger partial charge is 0.475 e. The number of hydrogen-bond donors (Lipinski definition) is 2. The number of furan rings is 1.